The molecule has 3 rings (SSSR count). The topological polar surface area (TPSA) is 82.1 Å². The van der Waals surface area contributed by atoms with Crippen LogP contribution in [0.4, 0.5) is 0 Å². The second-order valence-electron chi connectivity index (χ2n) is 9.51. The van der Waals surface area contributed by atoms with Crippen LogP contribution >= 0.6 is 0 Å². The van der Waals surface area contributed by atoms with Gasteiger partial charge in [-0.05, 0) is 43.4 Å². The predicted molar refractivity (Wildman–Crippen MR) is 112 cm³/mol. The number of hydrogen-bond acceptors (Lipinski definition) is 6. The van der Waals surface area contributed by atoms with Crippen LogP contribution in [0, 0.1) is 29.6 Å². The van der Waals surface area contributed by atoms with Crippen LogP contribution in [-0.4, -0.2) is 48.6 Å². The molecule has 0 aromatic heterocycles. The fourth-order valence-electron chi connectivity index (χ4n) is 5.63. The number of esters is 2. The van der Waals surface area contributed by atoms with Gasteiger partial charge in [-0.3, -0.25) is 9.59 Å². The fourth-order valence-corrected chi connectivity index (χ4v) is 5.63. The zero-order chi connectivity index (χ0) is 21.8. The lowest BCUT2D eigenvalue weighted by Gasteiger charge is -2.49. The molecule has 30 heavy (non-hydrogen) atoms. The molecule has 170 valence electrons. The summed E-state index contributed by atoms with van der Waals surface area (Å²) in [5, 5.41) is 9.94. The van der Waals surface area contributed by atoms with E-state index in [1.54, 1.807) is 7.11 Å². The summed E-state index contributed by atoms with van der Waals surface area (Å²) in [6.45, 7) is 6.15. The zero-order valence-corrected chi connectivity index (χ0v) is 18.8. The van der Waals surface area contributed by atoms with Gasteiger partial charge in [0.2, 0.25) is 0 Å². The molecule has 0 spiro atoms. The molecule has 0 aromatic carbocycles. The molecule has 0 amide bonds. The monoisotopic (exact) mass is 422 g/mol. The van der Waals surface area contributed by atoms with E-state index in [0.29, 0.717) is 30.6 Å². The Kier molecular flexibility index (Phi) is 7.97. The summed E-state index contributed by atoms with van der Waals surface area (Å²) < 4.78 is 17.3. The molecule has 1 heterocycles. The molecule has 1 saturated carbocycles. The molecule has 1 N–H and O–H groups in total. The number of aliphatic hydroxyl groups excluding tert-OH is 1. The van der Waals surface area contributed by atoms with Gasteiger partial charge in [-0.15, -0.1) is 0 Å². The Balaban J connectivity index is 1.75. The molecule has 0 radical (unpaired) electrons. The maximum Gasteiger partial charge on any atom is 0.308 e. The SMILES string of the molecule is CCC(C)C(=O)OC1CC=CC2CC(OC)C(C)C(CCC3CC(O)CC(=O)O3)C21. The largest absolute Gasteiger partial charge is 0.462 e. The Bertz CT molecular complexity index is 631. The molecule has 0 aromatic rings. The zero-order valence-electron chi connectivity index (χ0n) is 18.8. The highest BCUT2D eigenvalue weighted by Crippen LogP contribution is 2.48. The van der Waals surface area contributed by atoms with Crippen molar-refractivity contribution in [3.05, 3.63) is 12.2 Å². The molecule has 0 bridgehead atoms. The van der Waals surface area contributed by atoms with E-state index in [4.69, 9.17) is 14.2 Å². The molecular weight excluding hydrogens is 384 g/mol. The second-order valence-corrected chi connectivity index (χ2v) is 9.51. The molecule has 2 fully saturated rings. The van der Waals surface area contributed by atoms with Crippen molar-refractivity contribution >= 4 is 11.9 Å². The third-order valence-electron chi connectivity index (χ3n) is 7.58. The third-order valence-corrected chi connectivity index (χ3v) is 7.58. The Morgan fingerprint density at radius 1 is 1.30 bits per heavy atom. The van der Waals surface area contributed by atoms with E-state index in [1.165, 1.54) is 0 Å². The molecule has 9 atom stereocenters. The highest BCUT2D eigenvalue weighted by atomic mass is 16.6. The first-order valence-corrected chi connectivity index (χ1v) is 11.6. The number of aliphatic hydroxyl groups is 1. The molecule has 6 heteroatoms. The van der Waals surface area contributed by atoms with E-state index in [2.05, 4.69) is 19.1 Å². The van der Waals surface area contributed by atoms with Crippen molar-refractivity contribution in [3.8, 4) is 0 Å². The van der Waals surface area contributed by atoms with Crippen molar-refractivity contribution in [1.82, 2.24) is 0 Å². The average Bonchev–Trinajstić information content (AvgIpc) is 2.71. The van der Waals surface area contributed by atoms with Gasteiger partial charge in [0.25, 0.3) is 0 Å². The van der Waals surface area contributed by atoms with Crippen molar-refractivity contribution in [1.29, 1.82) is 0 Å². The number of rotatable bonds is 7. The standard InChI is InChI=1S/C24H38O6/c1-5-14(2)24(27)30-20-8-6-7-16-11-21(28-4)15(3)19(23(16)20)10-9-18-12-17(25)13-22(26)29-18/h6-7,14-21,23,25H,5,8-13H2,1-4H3. The summed E-state index contributed by atoms with van der Waals surface area (Å²) in [4.78, 5) is 24.3. The van der Waals surface area contributed by atoms with E-state index in [-0.39, 0.29) is 48.5 Å². The van der Waals surface area contributed by atoms with Crippen molar-refractivity contribution < 1.29 is 28.9 Å². The molecule has 1 aliphatic heterocycles. The summed E-state index contributed by atoms with van der Waals surface area (Å²) in [6.07, 6.45) is 8.23. The minimum Gasteiger partial charge on any atom is -0.462 e. The predicted octanol–water partition coefficient (Wildman–Crippen LogP) is 3.65. The van der Waals surface area contributed by atoms with Crippen molar-refractivity contribution in [3.63, 3.8) is 0 Å². The lowest BCUT2D eigenvalue weighted by Crippen LogP contribution is -2.49. The van der Waals surface area contributed by atoms with E-state index < -0.39 is 6.10 Å². The lowest BCUT2D eigenvalue weighted by atomic mass is 9.60. The number of allylic oxidation sites excluding steroid dienone is 1. The molecule has 6 nitrogen and oxygen atoms in total. The number of methoxy groups -OCH3 is 1. The van der Waals surface area contributed by atoms with Crippen LogP contribution in [0.5, 0.6) is 0 Å². The van der Waals surface area contributed by atoms with Gasteiger partial charge < -0.3 is 19.3 Å². The number of carbonyl (C=O) groups is 2. The minimum absolute atomic E-state index is 0.0885. The number of cyclic esters (lactones) is 1. The molecule has 3 aliphatic rings. The summed E-state index contributed by atoms with van der Waals surface area (Å²) in [5.74, 6) is 0.657. The van der Waals surface area contributed by atoms with E-state index in [1.807, 2.05) is 13.8 Å². The van der Waals surface area contributed by atoms with Gasteiger partial charge in [0.05, 0.1) is 24.5 Å². The Morgan fingerprint density at radius 3 is 2.73 bits per heavy atom. The summed E-state index contributed by atoms with van der Waals surface area (Å²) in [6, 6.07) is 0. The highest BCUT2D eigenvalue weighted by molar-refractivity contribution is 5.72. The summed E-state index contributed by atoms with van der Waals surface area (Å²) >= 11 is 0. The summed E-state index contributed by atoms with van der Waals surface area (Å²) in [5.41, 5.74) is 0. The lowest BCUT2D eigenvalue weighted by molar-refractivity contribution is -0.166. The van der Waals surface area contributed by atoms with Gasteiger partial charge in [0, 0.05) is 25.9 Å². The van der Waals surface area contributed by atoms with Gasteiger partial charge in [-0.1, -0.05) is 32.9 Å². The smallest absolute Gasteiger partial charge is 0.308 e. The number of fused-ring (bicyclic) bond motifs is 1. The van der Waals surface area contributed by atoms with Crippen molar-refractivity contribution in [2.75, 3.05) is 7.11 Å². The number of ether oxygens (including phenoxy) is 3. The Labute approximate surface area is 180 Å². The quantitative estimate of drug-likeness (QED) is 0.498. The first kappa shape index (κ1) is 23.3. The van der Waals surface area contributed by atoms with Crippen LogP contribution in [0.15, 0.2) is 12.2 Å². The first-order valence-electron chi connectivity index (χ1n) is 11.6. The van der Waals surface area contributed by atoms with E-state index in [9.17, 15) is 14.7 Å². The van der Waals surface area contributed by atoms with Gasteiger partial charge >= 0.3 is 11.9 Å². The van der Waals surface area contributed by atoms with Gasteiger partial charge in [0.1, 0.15) is 12.2 Å². The summed E-state index contributed by atoms with van der Waals surface area (Å²) in [7, 11) is 1.77. The molecule has 9 unspecified atom stereocenters. The molecule has 2 aliphatic carbocycles. The van der Waals surface area contributed by atoms with Gasteiger partial charge in [0.15, 0.2) is 0 Å². The fraction of sp³-hybridized carbons (Fsp3) is 0.833. The second kappa shape index (κ2) is 10.3. The normalized spacial score (nSPS) is 39.7. The number of carbonyl (C=O) groups excluding carboxylic acids is 2. The van der Waals surface area contributed by atoms with Crippen LogP contribution in [0.25, 0.3) is 0 Å². The van der Waals surface area contributed by atoms with Gasteiger partial charge in [-0.25, -0.2) is 0 Å². The van der Waals surface area contributed by atoms with Crippen LogP contribution in [0.1, 0.15) is 65.7 Å². The van der Waals surface area contributed by atoms with Crippen molar-refractivity contribution in [2.45, 2.75) is 90.1 Å². The van der Waals surface area contributed by atoms with E-state index in [0.717, 1.165) is 25.7 Å². The van der Waals surface area contributed by atoms with Gasteiger partial charge in [-0.2, -0.15) is 0 Å². The average molecular weight is 423 g/mol. The first-order chi connectivity index (χ1) is 14.3. The van der Waals surface area contributed by atoms with Crippen LogP contribution in [0.3, 0.4) is 0 Å². The molecule has 1 saturated heterocycles. The Morgan fingerprint density at radius 2 is 2.07 bits per heavy atom. The van der Waals surface area contributed by atoms with Crippen LogP contribution in [0.2, 0.25) is 0 Å². The third kappa shape index (κ3) is 5.25. The van der Waals surface area contributed by atoms with E-state index >= 15 is 0 Å². The number of hydrogen-bond donors (Lipinski definition) is 1. The van der Waals surface area contributed by atoms with Crippen LogP contribution in [-0.2, 0) is 23.8 Å². The Hall–Kier alpha value is -1.40. The maximum absolute atomic E-state index is 12.5. The van der Waals surface area contributed by atoms with Crippen LogP contribution < -0.4 is 0 Å². The molecular formula is C24H38O6. The maximum atomic E-state index is 12.5. The minimum atomic E-state index is -0.610. The van der Waals surface area contributed by atoms with Crippen molar-refractivity contribution in [2.24, 2.45) is 29.6 Å². The highest BCUT2D eigenvalue weighted by Gasteiger charge is 2.47.